The monoisotopic (exact) mass is 368 g/mol. The van der Waals surface area contributed by atoms with Gasteiger partial charge in [-0.25, -0.2) is 4.39 Å². The van der Waals surface area contributed by atoms with E-state index in [4.69, 9.17) is 4.74 Å². The number of carbonyl (C=O) groups excluding carboxylic acids is 2. The van der Waals surface area contributed by atoms with Crippen molar-refractivity contribution < 1.29 is 18.7 Å². The normalized spacial score (nSPS) is 16.0. The van der Waals surface area contributed by atoms with E-state index in [1.165, 1.54) is 24.3 Å². The summed E-state index contributed by atoms with van der Waals surface area (Å²) < 4.78 is 18.5. The molecule has 5 nitrogen and oxygen atoms in total. The van der Waals surface area contributed by atoms with Crippen molar-refractivity contribution >= 4 is 11.8 Å². The molecule has 6 heteroatoms. The predicted molar refractivity (Wildman–Crippen MR) is 98.2 cm³/mol. The molecule has 2 aliphatic heterocycles. The van der Waals surface area contributed by atoms with Crippen LogP contribution in [0.15, 0.2) is 42.5 Å². The number of hydrogen-bond donors (Lipinski definition) is 0. The molecule has 27 heavy (non-hydrogen) atoms. The number of piperazine rings is 1. The van der Waals surface area contributed by atoms with Crippen molar-refractivity contribution in [2.24, 2.45) is 0 Å². The lowest BCUT2D eigenvalue weighted by Crippen LogP contribution is -2.51. The fraction of sp³-hybridized carbons (Fsp3) is 0.333. The average Bonchev–Trinajstić information content (AvgIpc) is 3.16. The van der Waals surface area contributed by atoms with Gasteiger partial charge < -0.3 is 14.5 Å². The standard InChI is InChI=1S/C21H21FN2O3/c22-18-4-2-16(3-5-18)21(26)24-10-8-23(9-11-24)20(25)14-15-1-6-19-17(13-15)7-12-27-19/h1-6,13H,7-12,14H2. The summed E-state index contributed by atoms with van der Waals surface area (Å²) >= 11 is 0. The first-order chi connectivity index (χ1) is 13.1. The summed E-state index contributed by atoms with van der Waals surface area (Å²) in [6.45, 7) is 2.70. The van der Waals surface area contributed by atoms with Crippen LogP contribution in [0, 0.1) is 5.82 Å². The van der Waals surface area contributed by atoms with Gasteiger partial charge in [-0.2, -0.15) is 0 Å². The minimum atomic E-state index is -0.361. The average molecular weight is 368 g/mol. The molecule has 0 spiro atoms. The van der Waals surface area contributed by atoms with Crippen molar-refractivity contribution in [3.63, 3.8) is 0 Å². The summed E-state index contributed by atoms with van der Waals surface area (Å²) in [4.78, 5) is 28.6. The van der Waals surface area contributed by atoms with E-state index in [9.17, 15) is 14.0 Å². The Labute approximate surface area is 157 Å². The third kappa shape index (κ3) is 3.79. The number of rotatable bonds is 3. The predicted octanol–water partition coefficient (Wildman–Crippen LogP) is 2.29. The fourth-order valence-electron chi connectivity index (χ4n) is 3.57. The molecule has 2 aromatic carbocycles. The van der Waals surface area contributed by atoms with Gasteiger partial charge >= 0.3 is 0 Å². The van der Waals surface area contributed by atoms with Crippen LogP contribution in [0.5, 0.6) is 5.75 Å². The maximum Gasteiger partial charge on any atom is 0.253 e. The first kappa shape index (κ1) is 17.5. The van der Waals surface area contributed by atoms with Crippen LogP contribution < -0.4 is 4.74 Å². The van der Waals surface area contributed by atoms with Gasteiger partial charge in [-0.1, -0.05) is 12.1 Å². The lowest BCUT2D eigenvalue weighted by atomic mass is 10.1. The van der Waals surface area contributed by atoms with E-state index >= 15 is 0 Å². The van der Waals surface area contributed by atoms with E-state index in [1.807, 2.05) is 12.1 Å². The molecule has 0 N–H and O–H groups in total. The number of benzene rings is 2. The number of amides is 2. The largest absolute Gasteiger partial charge is 0.493 e. The summed E-state index contributed by atoms with van der Waals surface area (Å²) in [6, 6.07) is 11.5. The van der Waals surface area contributed by atoms with Crippen LogP contribution in [0.1, 0.15) is 21.5 Å². The number of halogens is 1. The lowest BCUT2D eigenvalue weighted by molar-refractivity contribution is -0.131. The van der Waals surface area contributed by atoms with Crippen molar-refractivity contribution in [1.29, 1.82) is 0 Å². The third-order valence-electron chi connectivity index (χ3n) is 5.12. The minimum absolute atomic E-state index is 0.0720. The molecule has 2 aliphatic rings. The second kappa shape index (κ2) is 7.39. The Balaban J connectivity index is 1.32. The summed E-state index contributed by atoms with van der Waals surface area (Å²) in [6.07, 6.45) is 1.25. The molecule has 1 saturated heterocycles. The van der Waals surface area contributed by atoms with Gasteiger partial charge in [0.25, 0.3) is 5.91 Å². The second-order valence-corrected chi connectivity index (χ2v) is 6.90. The lowest BCUT2D eigenvalue weighted by Gasteiger charge is -2.35. The highest BCUT2D eigenvalue weighted by atomic mass is 19.1. The van der Waals surface area contributed by atoms with Crippen LogP contribution in [0.4, 0.5) is 4.39 Å². The molecule has 2 amide bonds. The zero-order valence-electron chi connectivity index (χ0n) is 15.0. The van der Waals surface area contributed by atoms with Crippen LogP contribution in [-0.2, 0) is 17.6 Å². The van der Waals surface area contributed by atoms with Crippen LogP contribution in [0.3, 0.4) is 0 Å². The molecule has 4 rings (SSSR count). The number of nitrogens with zero attached hydrogens (tertiary/aromatic N) is 2. The Bertz CT molecular complexity index is 858. The van der Waals surface area contributed by atoms with Crippen molar-refractivity contribution in [1.82, 2.24) is 9.80 Å². The number of hydrogen-bond acceptors (Lipinski definition) is 3. The number of ether oxygens (including phenoxy) is 1. The van der Waals surface area contributed by atoms with Gasteiger partial charge in [0.05, 0.1) is 13.0 Å². The van der Waals surface area contributed by atoms with E-state index in [2.05, 4.69) is 6.07 Å². The van der Waals surface area contributed by atoms with Crippen molar-refractivity contribution in [2.75, 3.05) is 32.8 Å². The van der Waals surface area contributed by atoms with Gasteiger partial charge in [-0.05, 0) is 41.5 Å². The van der Waals surface area contributed by atoms with Crippen molar-refractivity contribution in [3.8, 4) is 5.75 Å². The van der Waals surface area contributed by atoms with Crippen LogP contribution in [0.25, 0.3) is 0 Å². The highest BCUT2D eigenvalue weighted by molar-refractivity contribution is 5.94. The molecule has 2 aromatic rings. The summed E-state index contributed by atoms with van der Waals surface area (Å²) in [5.41, 5.74) is 2.63. The highest BCUT2D eigenvalue weighted by Gasteiger charge is 2.25. The molecule has 0 bridgehead atoms. The smallest absolute Gasteiger partial charge is 0.253 e. The maximum atomic E-state index is 13.0. The van der Waals surface area contributed by atoms with E-state index in [0.717, 1.165) is 23.3 Å². The number of carbonyl (C=O) groups is 2. The first-order valence-electron chi connectivity index (χ1n) is 9.17. The molecule has 0 aliphatic carbocycles. The summed E-state index contributed by atoms with van der Waals surface area (Å²) in [7, 11) is 0. The van der Waals surface area contributed by atoms with E-state index in [1.54, 1.807) is 9.80 Å². The number of fused-ring (bicyclic) bond motifs is 1. The Kier molecular flexibility index (Phi) is 4.79. The first-order valence-corrected chi connectivity index (χ1v) is 9.17. The van der Waals surface area contributed by atoms with E-state index in [0.29, 0.717) is 44.8 Å². The fourth-order valence-corrected chi connectivity index (χ4v) is 3.57. The third-order valence-corrected chi connectivity index (χ3v) is 5.12. The topological polar surface area (TPSA) is 49.9 Å². The van der Waals surface area contributed by atoms with Gasteiger partial charge in [-0.15, -0.1) is 0 Å². The molecule has 0 atom stereocenters. The highest BCUT2D eigenvalue weighted by Crippen LogP contribution is 2.26. The van der Waals surface area contributed by atoms with Gasteiger partial charge in [-0.3, -0.25) is 9.59 Å². The molecule has 0 radical (unpaired) electrons. The van der Waals surface area contributed by atoms with Gasteiger partial charge in [0.2, 0.25) is 5.91 Å². The zero-order chi connectivity index (χ0) is 18.8. The quantitative estimate of drug-likeness (QED) is 0.835. The van der Waals surface area contributed by atoms with Crippen molar-refractivity contribution in [2.45, 2.75) is 12.8 Å². The second-order valence-electron chi connectivity index (χ2n) is 6.90. The summed E-state index contributed by atoms with van der Waals surface area (Å²) in [5, 5.41) is 0. The molecule has 2 heterocycles. The zero-order valence-corrected chi connectivity index (χ0v) is 15.0. The van der Waals surface area contributed by atoms with E-state index in [-0.39, 0.29) is 17.6 Å². The Morgan fingerprint density at radius 1 is 0.963 bits per heavy atom. The van der Waals surface area contributed by atoms with E-state index < -0.39 is 0 Å². The molecule has 0 aromatic heterocycles. The SMILES string of the molecule is O=C(Cc1ccc2c(c1)CCO2)N1CCN(C(=O)c2ccc(F)cc2)CC1. The molecule has 0 unspecified atom stereocenters. The van der Waals surface area contributed by atoms with Crippen molar-refractivity contribution in [3.05, 3.63) is 65.0 Å². The van der Waals surface area contributed by atoms with Crippen LogP contribution >= 0.6 is 0 Å². The van der Waals surface area contributed by atoms with Crippen LogP contribution in [0.2, 0.25) is 0 Å². The summed E-state index contributed by atoms with van der Waals surface area (Å²) in [5.74, 6) is 0.502. The molecule has 1 fully saturated rings. The molecule has 0 saturated carbocycles. The Morgan fingerprint density at radius 2 is 1.67 bits per heavy atom. The Hall–Kier alpha value is -2.89. The van der Waals surface area contributed by atoms with Gasteiger partial charge in [0.15, 0.2) is 0 Å². The molecular weight excluding hydrogens is 347 g/mol. The minimum Gasteiger partial charge on any atom is -0.493 e. The van der Waals surface area contributed by atoms with Gasteiger partial charge in [0, 0.05) is 38.2 Å². The van der Waals surface area contributed by atoms with Gasteiger partial charge in [0.1, 0.15) is 11.6 Å². The maximum absolute atomic E-state index is 13.0. The molecule has 140 valence electrons. The molecular formula is C21H21FN2O3. The Morgan fingerprint density at radius 3 is 2.41 bits per heavy atom. The van der Waals surface area contributed by atoms with Crippen LogP contribution in [-0.4, -0.2) is 54.4 Å².